The Hall–Kier alpha value is -0.570. The zero-order valence-corrected chi connectivity index (χ0v) is 8.64. The SMILES string of the molecule is CCCCCCCCCC(=O)NN. The maximum atomic E-state index is 10.7. The summed E-state index contributed by atoms with van der Waals surface area (Å²) in [5.74, 6) is 4.91. The second-order valence-corrected chi connectivity index (χ2v) is 3.44. The molecule has 0 spiro atoms. The first-order valence-corrected chi connectivity index (χ1v) is 5.30. The van der Waals surface area contributed by atoms with E-state index in [4.69, 9.17) is 5.84 Å². The molecule has 0 aromatic rings. The zero-order chi connectivity index (χ0) is 9.94. The summed E-state index contributed by atoms with van der Waals surface area (Å²) in [7, 11) is 0. The largest absolute Gasteiger partial charge is 0.294 e. The molecule has 78 valence electrons. The number of hydrazine groups is 1. The molecular formula is C10H22N2O. The molecule has 0 aliphatic carbocycles. The van der Waals surface area contributed by atoms with E-state index >= 15 is 0 Å². The maximum absolute atomic E-state index is 10.7. The predicted octanol–water partition coefficient (Wildman–Crippen LogP) is 2.12. The fraction of sp³-hybridized carbons (Fsp3) is 0.900. The van der Waals surface area contributed by atoms with Crippen LogP contribution in [0.5, 0.6) is 0 Å². The fourth-order valence-electron chi connectivity index (χ4n) is 1.31. The van der Waals surface area contributed by atoms with E-state index < -0.39 is 0 Å². The molecule has 3 N–H and O–H groups in total. The third kappa shape index (κ3) is 9.34. The molecule has 0 heterocycles. The van der Waals surface area contributed by atoms with E-state index in [0.717, 1.165) is 12.8 Å². The van der Waals surface area contributed by atoms with Crippen molar-refractivity contribution in [2.45, 2.75) is 58.3 Å². The first kappa shape index (κ1) is 12.4. The summed E-state index contributed by atoms with van der Waals surface area (Å²) < 4.78 is 0. The third-order valence-corrected chi connectivity index (χ3v) is 2.17. The molecule has 0 atom stereocenters. The third-order valence-electron chi connectivity index (χ3n) is 2.17. The lowest BCUT2D eigenvalue weighted by molar-refractivity contribution is -0.121. The van der Waals surface area contributed by atoms with Crippen LogP contribution in [0.2, 0.25) is 0 Å². The van der Waals surface area contributed by atoms with Crippen molar-refractivity contribution in [3.8, 4) is 0 Å². The molecule has 3 nitrogen and oxygen atoms in total. The molecule has 0 unspecified atom stereocenters. The molecule has 3 heteroatoms. The van der Waals surface area contributed by atoms with Gasteiger partial charge in [0.15, 0.2) is 0 Å². The number of nitrogens with one attached hydrogen (secondary N) is 1. The summed E-state index contributed by atoms with van der Waals surface area (Å²) in [5.41, 5.74) is 2.14. The fourth-order valence-corrected chi connectivity index (χ4v) is 1.31. The highest BCUT2D eigenvalue weighted by Gasteiger charge is 1.96. The molecule has 0 aliphatic rings. The normalized spacial score (nSPS) is 10.0. The van der Waals surface area contributed by atoms with Crippen molar-refractivity contribution in [3.63, 3.8) is 0 Å². The number of carbonyl (C=O) groups is 1. The minimum absolute atomic E-state index is 0.0476. The topological polar surface area (TPSA) is 55.1 Å². The lowest BCUT2D eigenvalue weighted by atomic mass is 10.1. The number of hydrogen-bond acceptors (Lipinski definition) is 2. The maximum Gasteiger partial charge on any atom is 0.233 e. The summed E-state index contributed by atoms with van der Waals surface area (Å²) in [6, 6.07) is 0. The minimum atomic E-state index is -0.0476. The first-order chi connectivity index (χ1) is 6.31. The van der Waals surface area contributed by atoms with E-state index in [9.17, 15) is 4.79 Å². The number of hydrogen-bond donors (Lipinski definition) is 2. The Bertz CT molecular complexity index is 126. The molecule has 0 aliphatic heterocycles. The summed E-state index contributed by atoms with van der Waals surface area (Å²) in [5, 5.41) is 0. The highest BCUT2D eigenvalue weighted by molar-refractivity contribution is 5.74. The van der Waals surface area contributed by atoms with Crippen molar-refractivity contribution in [1.82, 2.24) is 5.43 Å². The predicted molar refractivity (Wildman–Crippen MR) is 54.9 cm³/mol. The van der Waals surface area contributed by atoms with Crippen LogP contribution >= 0.6 is 0 Å². The Morgan fingerprint density at radius 3 is 2.15 bits per heavy atom. The van der Waals surface area contributed by atoms with E-state index in [1.54, 1.807) is 0 Å². The Kier molecular flexibility index (Phi) is 9.10. The molecule has 0 saturated heterocycles. The van der Waals surface area contributed by atoms with Gasteiger partial charge in [0.05, 0.1) is 0 Å². The van der Waals surface area contributed by atoms with E-state index in [0.29, 0.717) is 6.42 Å². The smallest absolute Gasteiger partial charge is 0.233 e. The summed E-state index contributed by atoms with van der Waals surface area (Å²) in [6.07, 6.45) is 9.20. The first-order valence-electron chi connectivity index (χ1n) is 5.30. The molecule has 0 fully saturated rings. The Balaban J connectivity index is 2.95. The van der Waals surface area contributed by atoms with Crippen LogP contribution in [0.4, 0.5) is 0 Å². The minimum Gasteiger partial charge on any atom is -0.294 e. The van der Waals surface area contributed by atoms with Gasteiger partial charge in [-0.05, 0) is 6.42 Å². The van der Waals surface area contributed by atoms with E-state index in [1.165, 1.54) is 32.1 Å². The van der Waals surface area contributed by atoms with Gasteiger partial charge < -0.3 is 0 Å². The summed E-state index contributed by atoms with van der Waals surface area (Å²) >= 11 is 0. The molecule has 0 radical (unpaired) electrons. The number of carbonyl (C=O) groups excluding carboxylic acids is 1. The van der Waals surface area contributed by atoms with Crippen molar-refractivity contribution in [1.29, 1.82) is 0 Å². The molecular weight excluding hydrogens is 164 g/mol. The monoisotopic (exact) mass is 186 g/mol. The van der Waals surface area contributed by atoms with Crippen LogP contribution in [0.25, 0.3) is 0 Å². The summed E-state index contributed by atoms with van der Waals surface area (Å²) in [6.45, 7) is 2.21. The van der Waals surface area contributed by atoms with Crippen LogP contribution in [0.1, 0.15) is 58.3 Å². The van der Waals surface area contributed by atoms with Gasteiger partial charge in [-0.15, -0.1) is 0 Å². The second-order valence-electron chi connectivity index (χ2n) is 3.44. The van der Waals surface area contributed by atoms with Gasteiger partial charge in [0.1, 0.15) is 0 Å². The Morgan fingerprint density at radius 2 is 1.62 bits per heavy atom. The van der Waals surface area contributed by atoms with E-state index in [2.05, 4.69) is 12.3 Å². The van der Waals surface area contributed by atoms with Gasteiger partial charge in [-0.1, -0.05) is 45.4 Å². The van der Waals surface area contributed by atoms with Crippen molar-refractivity contribution in [2.24, 2.45) is 5.84 Å². The van der Waals surface area contributed by atoms with Crippen LogP contribution in [-0.2, 0) is 4.79 Å². The van der Waals surface area contributed by atoms with Gasteiger partial charge in [-0.3, -0.25) is 10.2 Å². The highest BCUT2D eigenvalue weighted by Crippen LogP contribution is 2.07. The van der Waals surface area contributed by atoms with Crippen molar-refractivity contribution < 1.29 is 4.79 Å². The number of nitrogens with two attached hydrogens (primary N) is 1. The number of unbranched alkanes of at least 4 members (excludes halogenated alkanes) is 6. The van der Waals surface area contributed by atoms with Gasteiger partial charge in [-0.2, -0.15) is 0 Å². The lowest BCUT2D eigenvalue weighted by Gasteiger charge is -2.00. The van der Waals surface area contributed by atoms with E-state index in [-0.39, 0.29) is 5.91 Å². The number of rotatable bonds is 8. The standard InChI is InChI=1S/C10H22N2O/c1-2-3-4-5-6-7-8-9-10(13)12-11/h2-9,11H2,1H3,(H,12,13). The van der Waals surface area contributed by atoms with Gasteiger partial charge in [0.25, 0.3) is 0 Å². The molecule has 13 heavy (non-hydrogen) atoms. The quantitative estimate of drug-likeness (QED) is 0.264. The van der Waals surface area contributed by atoms with Crippen molar-refractivity contribution in [2.75, 3.05) is 0 Å². The highest BCUT2D eigenvalue weighted by atomic mass is 16.2. The summed E-state index contributed by atoms with van der Waals surface area (Å²) in [4.78, 5) is 10.7. The second kappa shape index (κ2) is 9.52. The zero-order valence-electron chi connectivity index (χ0n) is 8.64. The Labute approximate surface area is 81.0 Å². The average Bonchev–Trinajstić information content (AvgIpc) is 2.16. The van der Waals surface area contributed by atoms with Crippen molar-refractivity contribution >= 4 is 5.91 Å². The van der Waals surface area contributed by atoms with Crippen LogP contribution < -0.4 is 11.3 Å². The Morgan fingerprint density at radius 1 is 1.08 bits per heavy atom. The van der Waals surface area contributed by atoms with E-state index in [1.807, 2.05) is 0 Å². The molecule has 0 saturated carbocycles. The van der Waals surface area contributed by atoms with Crippen LogP contribution in [0.3, 0.4) is 0 Å². The molecule has 0 aromatic heterocycles. The van der Waals surface area contributed by atoms with Crippen LogP contribution in [0, 0.1) is 0 Å². The van der Waals surface area contributed by atoms with Gasteiger partial charge in [0, 0.05) is 6.42 Å². The lowest BCUT2D eigenvalue weighted by Crippen LogP contribution is -2.29. The van der Waals surface area contributed by atoms with Crippen molar-refractivity contribution in [3.05, 3.63) is 0 Å². The van der Waals surface area contributed by atoms with Crippen LogP contribution in [-0.4, -0.2) is 5.91 Å². The van der Waals surface area contributed by atoms with Gasteiger partial charge >= 0.3 is 0 Å². The van der Waals surface area contributed by atoms with Gasteiger partial charge in [-0.25, -0.2) is 5.84 Å². The average molecular weight is 186 g/mol. The van der Waals surface area contributed by atoms with Crippen LogP contribution in [0.15, 0.2) is 0 Å². The molecule has 0 rings (SSSR count). The molecule has 1 amide bonds. The molecule has 0 aromatic carbocycles. The molecule has 0 bridgehead atoms. The number of amides is 1. The van der Waals surface area contributed by atoms with Gasteiger partial charge in [0.2, 0.25) is 5.91 Å².